The number of carbonyl (C=O) groups is 1. The van der Waals surface area contributed by atoms with Crippen molar-refractivity contribution in [1.82, 2.24) is 0 Å². The van der Waals surface area contributed by atoms with Gasteiger partial charge >= 0.3 is 5.97 Å². The second-order valence-electron chi connectivity index (χ2n) is 4.95. The molecule has 3 aliphatic rings. The van der Waals surface area contributed by atoms with Crippen LogP contribution in [0.3, 0.4) is 0 Å². The van der Waals surface area contributed by atoms with Gasteiger partial charge in [0.2, 0.25) is 0 Å². The molecule has 2 aromatic rings. The van der Waals surface area contributed by atoms with Gasteiger partial charge in [0.25, 0.3) is 0 Å². The number of carbonyl (C=O) groups excluding carboxylic acids is 1. The highest BCUT2D eigenvalue weighted by Crippen LogP contribution is 2.52. The lowest BCUT2D eigenvalue weighted by atomic mass is 9.87. The Hall–Kier alpha value is -1.61. The third-order valence-electron chi connectivity index (χ3n) is 3.96. The maximum atomic E-state index is 12.3. The lowest BCUT2D eigenvalue weighted by Crippen LogP contribution is -2.25. The molecular formula is C16H11BrO2. The third-order valence-corrected chi connectivity index (χ3v) is 4.94. The van der Waals surface area contributed by atoms with Crippen molar-refractivity contribution < 1.29 is 9.53 Å². The highest BCUT2D eigenvalue weighted by atomic mass is 79.9. The zero-order chi connectivity index (χ0) is 13.0. The minimum absolute atomic E-state index is 0.0151. The van der Waals surface area contributed by atoms with E-state index in [1.54, 1.807) is 0 Å². The molecule has 0 saturated heterocycles. The molecule has 5 rings (SSSR count). The number of hydrogen-bond donors (Lipinski definition) is 0. The summed E-state index contributed by atoms with van der Waals surface area (Å²) < 4.78 is 5.65. The highest BCUT2D eigenvalue weighted by Gasteiger charge is 2.44. The second-order valence-corrected chi connectivity index (χ2v) is 5.94. The summed E-state index contributed by atoms with van der Waals surface area (Å²) >= 11 is 3.71. The van der Waals surface area contributed by atoms with Crippen LogP contribution >= 0.6 is 15.9 Å². The maximum Gasteiger partial charge on any atom is 0.318 e. The number of esters is 1. The standard InChI is InChI=1S/C16H11BrO2/c17-14-11-7-3-1-5-9(11)13-10-6-2-4-8-12(10)15(14)19-16(13)18/h1-8,13-15H. The Labute approximate surface area is 119 Å². The van der Waals surface area contributed by atoms with Crippen molar-refractivity contribution in [2.24, 2.45) is 0 Å². The Bertz CT molecular complexity index is 674. The first kappa shape index (κ1) is 11.2. The summed E-state index contributed by atoms with van der Waals surface area (Å²) in [6.07, 6.45) is -0.233. The number of ether oxygens (including phenoxy) is 1. The predicted octanol–water partition coefficient (Wildman–Crippen LogP) is 3.87. The van der Waals surface area contributed by atoms with E-state index in [1.807, 2.05) is 36.4 Å². The molecule has 3 heteroatoms. The highest BCUT2D eigenvalue weighted by molar-refractivity contribution is 9.09. The summed E-state index contributed by atoms with van der Waals surface area (Å²) in [5, 5.41) is 0. The molecule has 19 heavy (non-hydrogen) atoms. The van der Waals surface area contributed by atoms with Crippen molar-refractivity contribution in [3.8, 4) is 0 Å². The lowest BCUT2D eigenvalue weighted by molar-refractivity contribution is -0.151. The van der Waals surface area contributed by atoms with Gasteiger partial charge in [0, 0.05) is 0 Å². The summed E-state index contributed by atoms with van der Waals surface area (Å²) in [5.74, 6) is -0.427. The van der Waals surface area contributed by atoms with Crippen LogP contribution in [0.15, 0.2) is 48.5 Å². The molecular weight excluding hydrogens is 304 g/mol. The van der Waals surface area contributed by atoms with Crippen molar-refractivity contribution in [1.29, 1.82) is 0 Å². The molecule has 2 aliphatic heterocycles. The van der Waals surface area contributed by atoms with Crippen molar-refractivity contribution in [2.45, 2.75) is 16.8 Å². The van der Waals surface area contributed by atoms with Crippen molar-refractivity contribution in [3.05, 3.63) is 70.8 Å². The first-order valence-electron chi connectivity index (χ1n) is 6.29. The van der Waals surface area contributed by atoms with Crippen LogP contribution in [-0.4, -0.2) is 5.97 Å². The van der Waals surface area contributed by atoms with E-state index in [2.05, 4.69) is 28.1 Å². The van der Waals surface area contributed by atoms with Gasteiger partial charge < -0.3 is 4.74 Å². The van der Waals surface area contributed by atoms with Gasteiger partial charge in [0.05, 0.1) is 4.83 Å². The fourth-order valence-electron chi connectivity index (χ4n) is 3.12. The number of alkyl halides is 1. The van der Waals surface area contributed by atoms with Crippen LogP contribution in [0.2, 0.25) is 0 Å². The Balaban J connectivity index is 2.08. The van der Waals surface area contributed by atoms with Crippen LogP contribution in [0.5, 0.6) is 0 Å². The monoisotopic (exact) mass is 314 g/mol. The molecule has 0 fully saturated rings. The van der Waals surface area contributed by atoms with Crippen LogP contribution in [-0.2, 0) is 9.53 Å². The zero-order valence-electron chi connectivity index (χ0n) is 10.0. The van der Waals surface area contributed by atoms with Gasteiger partial charge in [-0.1, -0.05) is 64.5 Å². The van der Waals surface area contributed by atoms with Gasteiger partial charge in [-0.05, 0) is 22.3 Å². The summed E-state index contributed by atoms with van der Waals surface area (Å²) in [6.45, 7) is 0. The van der Waals surface area contributed by atoms with E-state index in [0.717, 1.165) is 22.3 Å². The summed E-state index contributed by atoms with van der Waals surface area (Å²) in [6, 6.07) is 16.2. The van der Waals surface area contributed by atoms with Crippen molar-refractivity contribution in [3.63, 3.8) is 0 Å². The fraction of sp³-hybridized carbons (Fsp3) is 0.188. The van der Waals surface area contributed by atoms with Crippen LogP contribution in [0.4, 0.5) is 0 Å². The molecule has 0 aromatic heterocycles. The molecule has 0 saturated carbocycles. The average molecular weight is 315 g/mol. The van der Waals surface area contributed by atoms with Gasteiger partial charge in [-0.2, -0.15) is 0 Å². The van der Waals surface area contributed by atoms with E-state index in [4.69, 9.17) is 4.74 Å². The first-order chi connectivity index (χ1) is 9.27. The Morgan fingerprint density at radius 3 is 2.05 bits per heavy atom. The van der Waals surface area contributed by atoms with Crippen LogP contribution in [0.25, 0.3) is 0 Å². The molecule has 0 amide bonds. The Morgan fingerprint density at radius 2 is 1.37 bits per heavy atom. The molecule has 3 unspecified atom stereocenters. The van der Waals surface area contributed by atoms with E-state index in [9.17, 15) is 4.79 Å². The molecule has 2 aromatic carbocycles. The van der Waals surface area contributed by atoms with Crippen molar-refractivity contribution >= 4 is 21.9 Å². The topological polar surface area (TPSA) is 26.3 Å². The molecule has 94 valence electrons. The third kappa shape index (κ3) is 1.45. The van der Waals surface area contributed by atoms with Crippen LogP contribution in [0.1, 0.15) is 39.1 Å². The fourth-order valence-corrected chi connectivity index (χ4v) is 3.93. The molecule has 3 atom stereocenters. The zero-order valence-corrected chi connectivity index (χ0v) is 11.6. The lowest BCUT2D eigenvalue weighted by Gasteiger charge is -2.28. The van der Waals surface area contributed by atoms with E-state index < -0.39 is 0 Å². The number of hydrogen-bond acceptors (Lipinski definition) is 2. The molecule has 0 N–H and O–H groups in total. The Kier molecular flexibility index (Phi) is 2.33. The van der Waals surface area contributed by atoms with Crippen molar-refractivity contribution in [2.75, 3.05) is 0 Å². The van der Waals surface area contributed by atoms with E-state index in [1.165, 1.54) is 0 Å². The SMILES string of the molecule is O=C1OC2c3ccccc3C1c1ccccc1C2Br. The molecule has 2 nitrogen and oxygen atoms in total. The van der Waals surface area contributed by atoms with E-state index >= 15 is 0 Å². The summed E-state index contributed by atoms with van der Waals surface area (Å²) in [7, 11) is 0. The smallest absolute Gasteiger partial charge is 0.318 e. The van der Waals surface area contributed by atoms with Gasteiger partial charge in [-0.15, -0.1) is 0 Å². The number of rotatable bonds is 0. The number of benzene rings is 2. The number of fused-ring (bicyclic) bond motifs is 1. The second kappa shape index (κ2) is 3.94. The number of halogens is 1. The maximum absolute atomic E-state index is 12.3. The minimum atomic E-state index is -0.286. The van der Waals surface area contributed by atoms with Gasteiger partial charge in [-0.3, -0.25) is 4.79 Å². The van der Waals surface area contributed by atoms with Gasteiger partial charge in [-0.25, -0.2) is 0 Å². The molecule has 2 heterocycles. The average Bonchev–Trinajstić information content (AvgIpc) is 2.62. The Morgan fingerprint density at radius 1 is 0.842 bits per heavy atom. The predicted molar refractivity (Wildman–Crippen MR) is 75.2 cm³/mol. The molecule has 0 spiro atoms. The molecule has 2 bridgehead atoms. The minimum Gasteiger partial charge on any atom is -0.455 e. The van der Waals surface area contributed by atoms with E-state index in [-0.39, 0.29) is 22.8 Å². The van der Waals surface area contributed by atoms with Crippen LogP contribution < -0.4 is 0 Å². The van der Waals surface area contributed by atoms with Gasteiger partial charge in [0.1, 0.15) is 12.0 Å². The normalized spacial score (nSPS) is 27.2. The van der Waals surface area contributed by atoms with Gasteiger partial charge in [0.15, 0.2) is 0 Å². The summed E-state index contributed by atoms with van der Waals surface area (Å²) in [4.78, 5) is 12.3. The molecule has 0 radical (unpaired) electrons. The summed E-state index contributed by atoms with van der Waals surface area (Å²) in [5.41, 5.74) is 4.41. The van der Waals surface area contributed by atoms with Crippen LogP contribution in [0, 0.1) is 0 Å². The molecule has 1 aliphatic carbocycles. The quantitative estimate of drug-likeness (QED) is 0.545. The first-order valence-corrected chi connectivity index (χ1v) is 7.21. The largest absolute Gasteiger partial charge is 0.455 e. The van der Waals surface area contributed by atoms with E-state index in [0.29, 0.717) is 0 Å².